The zero-order valence-electron chi connectivity index (χ0n) is 12.6. The minimum Gasteiger partial charge on any atom is -0.469 e. The van der Waals surface area contributed by atoms with Crippen molar-refractivity contribution in [2.75, 3.05) is 19.6 Å². The Kier molecular flexibility index (Phi) is 5.46. The van der Waals surface area contributed by atoms with Crippen molar-refractivity contribution in [1.29, 1.82) is 0 Å². The number of rotatable bonds is 4. The number of aryl methyl sites for hydroxylation is 1. The van der Waals surface area contributed by atoms with Crippen LogP contribution in [0.3, 0.4) is 0 Å². The first kappa shape index (κ1) is 14.6. The van der Waals surface area contributed by atoms with E-state index in [4.69, 9.17) is 4.42 Å². The molecule has 1 aromatic heterocycles. The average Bonchev–Trinajstić information content (AvgIpc) is 2.89. The van der Waals surface area contributed by atoms with Crippen LogP contribution < -0.4 is 5.32 Å². The van der Waals surface area contributed by atoms with Crippen LogP contribution >= 0.6 is 0 Å². The Morgan fingerprint density at radius 1 is 1.47 bits per heavy atom. The van der Waals surface area contributed by atoms with Gasteiger partial charge in [0.05, 0.1) is 6.26 Å². The maximum atomic E-state index is 5.43. The lowest BCUT2D eigenvalue weighted by molar-refractivity contribution is 0.149. The van der Waals surface area contributed by atoms with Gasteiger partial charge in [0.15, 0.2) is 0 Å². The highest BCUT2D eigenvalue weighted by Gasteiger charge is 2.20. The Morgan fingerprint density at radius 3 is 3.05 bits per heavy atom. The van der Waals surface area contributed by atoms with Gasteiger partial charge in [0.25, 0.3) is 0 Å². The Labute approximate surface area is 117 Å². The van der Waals surface area contributed by atoms with Crippen molar-refractivity contribution >= 4 is 0 Å². The summed E-state index contributed by atoms with van der Waals surface area (Å²) in [6.07, 6.45) is 5.25. The molecule has 0 amide bonds. The summed E-state index contributed by atoms with van der Waals surface area (Å²) >= 11 is 0. The lowest BCUT2D eigenvalue weighted by Crippen LogP contribution is -2.45. The van der Waals surface area contributed by atoms with E-state index >= 15 is 0 Å². The zero-order chi connectivity index (χ0) is 13.7. The molecular formula is C16H28N2O. The maximum Gasteiger partial charge on any atom is 0.103 e. The molecule has 19 heavy (non-hydrogen) atoms. The fourth-order valence-electron chi connectivity index (χ4n) is 2.81. The third-order valence-corrected chi connectivity index (χ3v) is 4.22. The van der Waals surface area contributed by atoms with Crippen molar-refractivity contribution in [3.8, 4) is 0 Å². The zero-order valence-corrected chi connectivity index (χ0v) is 12.6. The van der Waals surface area contributed by atoms with Crippen molar-refractivity contribution in [2.24, 2.45) is 5.92 Å². The normalized spacial score (nSPS) is 27.7. The highest BCUT2D eigenvalue weighted by atomic mass is 16.3. The first-order valence-electron chi connectivity index (χ1n) is 7.65. The van der Waals surface area contributed by atoms with Crippen LogP contribution in [0, 0.1) is 5.92 Å². The molecule has 2 heterocycles. The van der Waals surface area contributed by atoms with Gasteiger partial charge in [0, 0.05) is 25.0 Å². The first-order valence-corrected chi connectivity index (χ1v) is 7.65. The molecule has 0 saturated carbocycles. The molecule has 3 unspecified atom stereocenters. The van der Waals surface area contributed by atoms with Gasteiger partial charge in [-0.2, -0.15) is 0 Å². The van der Waals surface area contributed by atoms with E-state index in [-0.39, 0.29) is 0 Å². The third kappa shape index (κ3) is 4.66. The lowest BCUT2D eigenvalue weighted by atomic mass is 10.0. The SMILES string of the molecule is CC1CNC(C)CCN(C(C)CCc2ccco2)C1. The van der Waals surface area contributed by atoms with Crippen molar-refractivity contribution in [3.05, 3.63) is 24.2 Å². The predicted molar refractivity (Wildman–Crippen MR) is 79.3 cm³/mol. The number of nitrogens with one attached hydrogen (secondary N) is 1. The van der Waals surface area contributed by atoms with E-state index in [9.17, 15) is 0 Å². The van der Waals surface area contributed by atoms with Gasteiger partial charge in [-0.3, -0.25) is 0 Å². The van der Waals surface area contributed by atoms with Crippen LogP contribution in [0.2, 0.25) is 0 Å². The number of furan rings is 1. The summed E-state index contributed by atoms with van der Waals surface area (Å²) in [4.78, 5) is 2.66. The molecule has 1 saturated heterocycles. The van der Waals surface area contributed by atoms with Gasteiger partial charge in [0.1, 0.15) is 5.76 Å². The number of hydrogen-bond acceptors (Lipinski definition) is 3. The van der Waals surface area contributed by atoms with Gasteiger partial charge >= 0.3 is 0 Å². The van der Waals surface area contributed by atoms with E-state index in [2.05, 4.69) is 37.1 Å². The van der Waals surface area contributed by atoms with E-state index in [0.717, 1.165) is 24.6 Å². The molecule has 1 N–H and O–H groups in total. The van der Waals surface area contributed by atoms with Crippen molar-refractivity contribution in [2.45, 2.75) is 52.1 Å². The smallest absolute Gasteiger partial charge is 0.103 e. The summed E-state index contributed by atoms with van der Waals surface area (Å²) in [6, 6.07) is 5.33. The van der Waals surface area contributed by atoms with Gasteiger partial charge in [-0.05, 0) is 57.8 Å². The van der Waals surface area contributed by atoms with Crippen molar-refractivity contribution in [3.63, 3.8) is 0 Å². The van der Waals surface area contributed by atoms with Crippen molar-refractivity contribution < 1.29 is 4.42 Å². The molecule has 0 radical (unpaired) electrons. The fraction of sp³-hybridized carbons (Fsp3) is 0.750. The Bertz CT molecular complexity index is 350. The molecule has 0 aromatic carbocycles. The molecule has 3 atom stereocenters. The standard InChI is InChI=1S/C16H28N2O/c1-13-11-17-14(2)8-9-18(12-13)15(3)6-7-16-5-4-10-19-16/h4-5,10,13-15,17H,6-9,11-12H2,1-3H3. The van der Waals surface area contributed by atoms with Gasteiger partial charge in [-0.1, -0.05) is 6.92 Å². The molecule has 1 fully saturated rings. The quantitative estimate of drug-likeness (QED) is 0.906. The molecule has 1 aliphatic heterocycles. The second-order valence-electron chi connectivity index (χ2n) is 6.17. The molecule has 1 aromatic rings. The summed E-state index contributed by atoms with van der Waals surface area (Å²) in [5, 5.41) is 3.61. The largest absolute Gasteiger partial charge is 0.469 e. The van der Waals surface area contributed by atoms with E-state index in [1.54, 1.807) is 6.26 Å². The van der Waals surface area contributed by atoms with Crippen LogP contribution in [-0.2, 0) is 6.42 Å². The molecule has 0 aliphatic carbocycles. The third-order valence-electron chi connectivity index (χ3n) is 4.22. The van der Waals surface area contributed by atoms with Gasteiger partial charge in [-0.15, -0.1) is 0 Å². The molecule has 0 spiro atoms. The van der Waals surface area contributed by atoms with Crippen LogP contribution in [-0.4, -0.2) is 36.6 Å². The topological polar surface area (TPSA) is 28.4 Å². The summed E-state index contributed by atoms with van der Waals surface area (Å²) in [5.74, 6) is 1.84. The molecular weight excluding hydrogens is 236 g/mol. The molecule has 0 bridgehead atoms. The van der Waals surface area contributed by atoms with E-state index in [1.807, 2.05) is 6.07 Å². The van der Waals surface area contributed by atoms with Crippen molar-refractivity contribution in [1.82, 2.24) is 10.2 Å². The fourth-order valence-corrected chi connectivity index (χ4v) is 2.81. The summed E-state index contributed by atoms with van der Waals surface area (Å²) < 4.78 is 5.43. The lowest BCUT2D eigenvalue weighted by Gasteiger charge is -2.35. The Balaban J connectivity index is 1.83. The molecule has 3 heteroatoms. The van der Waals surface area contributed by atoms with Crippen LogP contribution in [0.5, 0.6) is 0 Å². The summed E-state index contributed by atoms with van der Waals surface area (Å²) in [5.41, 5.74) is 0. The summed E-state index contributed by atoms with van der Waals surface area (Å²) in [6.45, 7) is 10.6. The van der Waals surface area contributed by atoms with Crippen LogP contribution in [0.1, 0.15) is 39.4 Å². The van der Waals surface area contributed by atoms with E-state index < -0.39 is 0 Å². The van der Waals surface area contributed by atoms with Gasteiger partial charge in [0.2, 0.25) is 0 Å². The van der Waals surface area contributed by atoms with Gasteiger partial charge < -0.3 is 14.6 Å². The van der Waals surface area contributed by atoms with Crippen LogP contribution in [0.25, 0.3) is 0 Å². The maximum absolute atomic E-state index is 5.43. The van der Waals surface area contributed by atoms with Crippen LogP contribution in [0.15, 0.2) is 22.8 Å². The highest BCUT2D eigenvalue weighted by molar-refractivity contribution is 4.98. The summed E-state index contributed by atoms with van der Waals surface area (Å²) in [7, 11) is 0. The second-order valence-corrected chi connectivity index (χ2v) is 6.17. The molecule has 108 valence electrons. The average molecular weight is 264 g/mol. The molecule has 1 aliphatic rings. The Hall–Kier alpha value is -0.800. The second kappa shape index (κ2) is 7.11. The number of nitrogens with zero attached hydrogens (tertiary/aromatic N) is 1. The van der Waals surface area contributed by atoms with E-state index in [0.29, 0.717) is 12.1 Å². The highest BCUT2D eigenvalue weighted by Crippen LogP contribution is 2.15. The minimum absolute atomic E-state index is 0.637. The number of hydrogen-bond donors (Lipinski definition) is 1. The van der Waals surface area contributed by atoms with E-state index in [1.165, 1.54) is 25.9 Å². The molecule has 2 rings (SSSR count). The monoisotopic (exact) mass is 264 g/mol. The molecule has 3 nitrogen and oxygen atoms in total. The van der Waals surface area contributed by atoms with Gasteiger partial charge in [-0.25, -0.2) is 0 Å². The minimum atomic E-state index is 0.637. The Morgan fingerprint density at radius 2 is 2.32 bits per heavy atom. The first-order chi connectivity index (χ1) is 9.15. The van der Waals surface area contributed by atoms with Crippen LogP contribution in [0.4, 0.5) is 0 Å². The predicted octanol–water partition coefficient (Wildman–Crippen LogP) is 2.92.